The summed E-state index contributed by atoms with van der Waals surface area (Å²) in [6.45, 7) is 6.26. The Kier molecular flexibility index (Phi) is 4.62. The smallest absolute Gasteiger partial charge is 0.0510 e. The second-order valence-electron chi connectivity index (χ2n) is 5.31. The van der Waals surface area contributed by atoms with Crippen molar-refractivity contribution in [2.75, 3.05) is 26.3 Å². The summed E-state index contributed by atoms with van der Waals surface area (Å²) in [6, 6.07) is 1.11. The third-order valence-electron chi connectivity index (χ3n) is 4.26. The van der Waals surface area contributed by atoms with Crippen molar-refractivity contribution in [3.8, 4) is 0 Å². The summed E-state index contributed by atoms with van der Waals surface area (Å²) < 4.78 is 5.42. The maximum absolute atomic E-state index is 6.30. The zero-order valence-corrected chi connectivity index (χ0v) is 10.5. The molecule has 0 amide bonds. The highest BCUT2D eigenvalue weighted by Gasteiger charge is 2.27. The van der Waals surface area contributed by atoms with Crippen molar-refractivity contribution in [1.29, 1.82) is 0 Å². The summed E-state index contributed by atoms with van der Waals surface area (Å²) in [6.07, 6.45) is 6.72. The van der Waals surface area contributed by atoms with Crippen molar-refractivity contribution < 1.29 is 4.74 Å². The Bertz CT molecular complexity index is 198. The van der Waals surface area contributed by atoms with Gasteiger partial charge in [0, 0.05) is 31.2 Å². The third-order valence-corrected chi connectivity index (χ3v) is 4.26. The van der Waals surface area contributed by atoms with Gasteiger partial charge in [-0.3, -0.25) is 4.90 Å². The van der Waals surface area contributed by atoms with Crippen LogP contribution in [0.5, 0.6) is 0 Å². The molecule has 2 fully saturated rings. The van der Waals surface area contributed by atoms with E-state index in [0.29, 0.717) is 12.0 Å². The van der Waals surface area contributed by atoms with E-state index in [1.807, 2.05) is 0 Å². The van der Waals surface area contributed by atoms with Crippen molar-refractivity contribution in [3.05, 3.63) is 0 Å². The zero-order valence-electron chi connectivity index (χ0n) is 10.5. The Labute approximate surface area is 99.3 Å². The number of nitrogens with two attached hydrogens (primary N) is 1. The Morgan fingerprint density at radius 3 is 2.62 bits per heavy atom. The molecule has 16 heavy (non-hydrogen) atoms. The normalized spacial score (nSPS) is 29.1. The monoisotopic (exact) mass is 226 g/mol. The first-order chi connectivity index (χ1) is 7.81. The van der Waals surface area contributed by atoms with Gasteiger partial charge in [-0.1, -0.05) is 19.8 Å². The molecule has 2 aliphatic rings. The van der Waals surface area contributed by atoms with E-state index < -0.39 is 0 Å². The van der Waals surface area contributed by atoms with Crippen LogP contribution in [0.4, 0.5) is 0 Å². The van der Waals surface area contributed by atoms with Gasteiger partial charge in [0.1, 0.15) is 0 Å². The quantitative estimate of drug-likeness (QED) is 0.774. The summed E-state index contributed by atoms with van der Waals surface area (Å²) in [5.41, 5.74) is 6.30. The van der Waals surface area contributed by atoms with Crippen LogP contribution in [0.25, 0.3) is 0 Å². The molecular formula is C13H26N2O. The van der Waals surface area contributed by atoms with Crippen LogP contribution in [0, 0.1) is 5.92 Å². The number of nitrogens with zero attached hydrogens (tertiary/aromatic N) is 1. The van der Waals surface area contributed by atoms with Crippen LogP contribution in [0.15, 0.2) is 0 Å². The predicted octanol–water partition coefficient (Wildman–Crippen LogP) is 1.61. The van der Waals surface area contributed by atoms with E-state index in [-0.39, 0.29) is 0 Å². The lowest BCUT2D eigenvalue weighted by Crippen LogP contribution is -2.46. The van der Waals surface area contributed by atoms with Crippen LogP contribution < -0.4 is 5.73 Å². The molecule has 2 atom stereocenters. The Morgan fingerprint density at radius 2 is 2.06 bits per heavy atom. The third kappa shape index (κ3) is 2.96. The Morgan fingerprint density at radius 1 is 1.31 bits per heavy atom. The van der Waals surface area contributed by atoms with Gasteiger partial charge in [0.25, 0.3) is 0 Å². The zero-order chi connectivity index (χ0) is 11.4. The average molecular weight is 226 g/mol. The fourth-order valence-electron chi connectivity index (χ4n) is 3.12. The highest BCUT2D eigenvalue weighted by atomic mass is 16.5. The second-order valence-corrected chi connectivity index (χ2v) is 5.31. The molecule has 1 saturated heterocycles. The molecule has 0 bridgehead atoms. The van der Waals surface area contributed by atoms with E-state index >= 15 is 0 Å². The van der Waals surface area contributed by atoms with Crippen LogP contribution in [-0.2, 0) is 4.74 Å². The maximum Gasteiger partial charge on any atom is 0.0510 e. The first-order valence-corrected chi connectivity index (χ1v) is 6.88. The maximum atomic E-state index is 6.30. The van der Waals surface area contributed by atoms with Gasteiger partial charge in [0.2, 0.25) is 0 Å². The summed E-state index contributed by atoms with van der Waals surface area (Å²) in [7, 11) is 0. The van der Waals surface area contributed by atoms with Gasteiger partial charge in [-0.25, -0.2) is 0 Å². The standard InChI is InChI=1S/C13H26N2O/c1-2-15(12-5-3-4-6-12)9-13(14)11-7-8-16-10-11/h11-13H,2-10,14H2,1H3. The molecule has 0 aromatic carbocycles. The van der Waals surface area contributed by atoms with Gasteiger partial charge < -0.3 is 10.5 Å². The molecule has 1 aliphatic carbocycles. The highest BCUT2D eigenvalue weighted by molar-refractivity contribution is 4.83. The van der Waals surface area contributed by atoms with E-state index in [9.17, 15) is 0 Å². The SMILES string of the molecule is CCN(CC(N)C1CCOC1)C1CCCC1. The number of likely N-dealkylation sites (N-methyl/N-ethyl adjacent to an activating group) is 1. The molecule has 0 aromatic heterocycles. The van der Waals surface area contributed by atoms with Crippen molar-refractivity contribution in [2.45, 2.75) is 51.1 Å². The number of rotatable bonds is 5. The van der Waals surface area contributed by atoms with Crippen molar-refractivity contribution >= 4 is 0 Å². The summed E-state index contributed by atoms with van der Waals surface area (Å²) in [5, 5.41) is 0. The van der Waals surface area contributed by atoms with Gasteiger partial charge in [0.05, 0.1) is 6.61 Å². The summed E-state index contributed by atoms with van der Waals surface area (Å²) in [4.78, 5) is 2.59. The highest BCUT2D eigenvalue weighted by Crippen LogP contribution is 2.24. The van der Waals surface area contributed by atoms with Crippen molar-refractivity contribution in [2.24, 2.45) is 11.7 Å². The minimum absolute atomic E-state index is 0.308. The summed E-state index contributed by atoms with van der Waals surface area (Å²) in [5.74, 6) is 0.593. The molecule has 94 valence electrons. The molecule has 1 saturated carbocycles. The first-order valence-electron chi connectivity index (χ1n) is 6.88. The lowest BCUT2D eigenvalue weighted by atomic mass is 9.99. The molecule has 3 heteroatoms. The molecule has 1 aliphatic heterocycles. The molecule has 2 unspecified atom stereocenters. The molecular weight excluding hydrogens is 200 g/mol. The average Bonchev–Trinajstić information content (AvgIpc) is 2.96. The topological polar surface area (TPSA) is 38.5 Å². The Balaban J connectivity index is 1.80. The molecule has 2 N–H and O–H groups in total. The summed E-state index contributed by atoms with van der Waals surface area (Å²) >= 11 is 0. The van der Waals surface area contributed by atoms with Gasteiger partial charge in [-0.15, -0.1) is 0 Å². The van der Waals surface area contributed by atoms with Crippen LogP contribution in [0.3, 0.4) is 0 Å². The largest absolute Gasteiger partial charge is 0.381 e. The first kappa shape index (κ1) is 12.3. The van der Waals surface area contributed by atoms with Gasteiger partial charge >= 0.3 is 0 Å². The second kappa shape index (κ2) is 5.99. The van der Waals surface area contributed by atoms with Gasteiger partial charge in [-0.2, -0.15) is 0 Å². The van der Waals surface area contributed by atoms with E-state index in [0.717, 1.165) is 38.8 Å². The van der Waals surface area contributed by atoms with E-state index in [4.69, 9.17) is 10.5 Å². The lowest BCUT2D eigenvalue weighted by molar-refractivity contribution is 0.155. The van der Waals surface area contributed by atoms with E-state index in [1.54, 1.807) is 0 Å². The molecule has 1 heterocycles. The molecule has 3 nitrogen and oxygen atoms in total. The van der Waals surface area contributed by atoms with Crippen LogP contribution >= 0.6 is 0 Å². The minimum atomic E-state index is 0.308. The molecule has 0 radical (unpaired) electrons. The molecule has 0 aromatic rings. The minimum Gasteiger partial charge on any atom is -0.381 e. The van der Waals surface area contributed by atoms with Crippen molar-refractivity contribution in [3.63, 3.8) is 0 Å². The molecule has 2 rings (SSSR count). The van der Waals surface area contributed by atoms with Gasteiger partial charge in [0.15, 0.2) is 0 Å². The van der Waals surface area contributed by atoms with Gasteiger partial charge in [-0.05, 0) is 25.8 Å². The number of ether oxygens (including phenoxy) is 1. The Hall–Kier alpha value is -0.120. The number of hydrogen-bond acceptors (Lipinski definition) is 3. The van der Waals surface area contributed by atoms with E-state index in [1.165, 1.54) is 25.7 Å². The molecule has 0 spiro atoms. The van der Waals surface area contributed by atoms with Crippen LogP contribution in [0.2, 0.25) is 0 Å². The fourth-order valence-corrected chi connectivity index (χ4v) is 3.12. The van der Waals surface area contributed by atoms with Crippen LogP contribution in [-0.4, -0.2) is 43.3 Å². The number of hydrogen-bond donors (Lipinski definition) is 1. The fraction of sp³-hybridized carbons (Fsp3) is 1.00. The van der Waals surface area contributed by atoms with Crippen molar-refractivity contribution in [1.82, 2.24) is 4.90 Å². The lowest BCUT2D eigenvalue weighted by Gasteiger charge is -2.31. The van der Waals surface area contributed by atoms with E-state index in [2.05, 4.69) is 11.8 Å². The van der Waals surface area contributed by atoms with Crippen LogP contribution in [0.1, 0.15) is 39.0 Å². The predicted molar refractivity (Wildman–Crippen MR) is 66.4 cm³/mol.